The molecule has 4 aliphatic carbocycles. The maximum absolute atomic E-state index is 12.5. The van der Waals surface area contributed by atoms with Crippen LogP contribution in [0.25, 0.3) is 11.3 Å². The van der Waals surface area contributed by atoms with Crippen molar-refractivity contribution in [3.05, 3.63) is 42.1 Å². The Morgan fingerprint density at radius 1 is 1.11 bits per heavy atom. The van der Waals surface area contributed by atoms with Crippen LogP contribution in [0.3, 0.4) is 0 Å². The molecule has 27 heavy (non-hydrogen) atoms. The summed E-state index contributed by atoms with van der Waals surface area (Å²) >= 11 is 0. The molecule has 4 aliphatic rings. The molecule has 6 rings (SSSR count). The van der Waals surface area contributed by atoms with Gasteiger partial charge in [-0.25, -0.2) is 10.2 Å². The zero-order chi connectivity index (χ0) is 18.3. The van der Waals surface area contributed by atoms with Crippen LogP contribution >= 0.6 is 0 Å². The highest BCUT2D eigenvalue weighted by atomic mass is 16.2. The Morgan fingerprint density at radius 2 is 1.78 bits per heavy atom. The van der Waals surface area contributed by atoms with Gasteiger partial charge >= 0.3 is 6.03 Å². The first-order chi connectivity index (χ1) is 13.2. The molecule has 1 heterocycles. The molecule has 140 valence electrons. The smallest absolute Gasteiger partial charge is 0.331 e. The van der Waals surface area contributed by atoms with Crippen LogP contribution in [-0.4, -0.2) is 28.0 Å². The summed E-state index contributed by atoms with van der Waals surface area (Å²) in [6.45, 7) is 0. The molecule has 1 aromatic heterocycles. The molecular formula is C21H25N5O. The van der Waals surface area contributed by atoms with Gasteiger partial charge in [-0.3, -0.25) is 5.10 Å². The summed E-state index contributed by atoms with van der Waals surface area (Å²) in [6, 6.07) is 9.76. The summed E-state index contributed by atoms with van der Waals surface area (Å²) in [5, 5.41) is 14.5. The van der Waals surface area contributed by atoms with Gasteiger partial charge in [0.05, 0.1) is 18.1 Å². The van der Waals surface area contributed by atoms with Crippen molar-refractivity contribution < 1.29 is 4.79 Å². The molecule has 2 aromatic rings. The van der Waals surface area contributed by atoms with E-state index in [1.54, 1.807) is 12.4 Å². The topological polar surface area (TPSA) is 82.2 Å². The molecule has 6 heteroatoms. The number of carbonyl (C=O) groups is 1. The first kappa shape index (κ1) is 16.5. The van der Waals surface area contributed by atoms with E-state index in [2.05, 4.69) is 26.0 Å². The van der Waals surface area contributed by atoms with Crippen molar-refractivity contribution in [1.82, 2.24) is 20.9 Å². The van der Waals surface area contributed by atoms with Gasteiger partial charge in [0, 0.05) is 16.7 Å². The predicted octanol–water partition coefficient (Wildman–Crippen LogP) is 3.68. The largest absolute Gasteiger partial charge is 0.335 e. The second kappa shape index (κ2) is 6.51. The maximum Gasteiger partial charge on any atom is 0.335 e. The first-order valence-corrected chi connectivity index (χ1v) is 9.89. The van der Waals surface area contributed by atoms with Crippen LogP contribution < -0.4 is 10.7 Å². The third-order valence-corrected chi connectivity index (χ3v) is 6.52. The number of urea groups is 1. The normalized spacial score (nSPS) is 31.3. The molecule has 4 saturated carbocycles. The van der Waals surface area contributed by atoms with Crippen molar-refractivity contribution in [2.75, 3.05) is 0 Å². The number of hydrogen-bond acceptors (Lipinski definition) is 3. The Morgan fingerprint density at radius 3 is 2.44 bits per heavy atom. The minimum Gasteiger partial charge on any atom is -0.331 e. The number of aromatic nitrogens is 2. The second-order valence-electron chi connectivity index (χ2n) is 8.59. The SMILES string of the molecule is O=C(N/N=C/c1cn[nH]c1-c1ccccc1)NC12CC3CC(CC(C3)C1)C2. The van der Waals surface area contributed by atoms with Crippen LogP contribution in [-0.2, 0) is 0 Å². The lowest BCUT2D eigenvalue weighted by Gasteiger charge is -2.56. The number of rotatable bonds is 4. The maximum atomic E-state index is 12.5. The number of aromatic amines is 1. The van der Waals surface area contributed by atoms with E-state index in [1.807, 2.05) is 30.3 Å². The van der Waals surface area contributed by atoms with E-state index in [0.29, 0.717) is 0 Å². The zero-order valence-corrected chi connectivity index (χ0v) is 15.3. The van der Waals surface area contributed by atoms with E-state index in [0.717, 1.165) is 53.8 Å². The van der Waals surface area contributed by atoms with Gasteiger partial charge in [0.15, 0.2) is 0 Å². The van der Waals surface area contributed by atoms with E-state index in [9.17, 15) is 4.79 Å². The Bertz CT molecular complexity index is 821. The highest BCUT2D eigenvalue weighted by Crippen LogP contribution is 2.55. The van der Waals surface area contributed by atoms with E-state index in [1.165, 1.54) is 19.3 Å². The van der Waals surface area contributed by atoms with Gasteiger partial charge in [0.1, 0.15) is 0 Å². The van der Waals surface area contributed by atoms with Crippen LogP contribution in [0.5, 0.6) is 0 Å². The Kier molecular flexibility index (Phi) is 3.99. The highest BCUT2D eigenvalue weighted by molar-refractivity contribution is 5.89. The third-order valence-electron chi connectivity index (χ3n) is 6.52. The lowest BCUT2D eigenvalue weighted by Crippen LogP contribution is -2.61. The molecule has 2 amide bonds. The van der Waals surface area contributed by atoms with Crippen LogP contribution in [0.15, 0.2) is 41.6 Å². The summed E-state index contributed by atoms with van der Waals surface area (Å²) in [5.41, 5.74) is 5.42. The van der Waals surface area contributed by atoms with Gasteiger partial charge in [-0.05, 0) is 56.3 Å². The lowest BCUT2D eigenvalue weighted by molar-refractivity contribution is -0.0135. The lowest BCUT2D eigenvalue weighted by atomic mass is 9.53. The number of amides is 2. The van der Waals surface area contributed by atoms with Crippen LogP contribution in [0.4, 0.5) is 4.79 Å². The van der Waals surface area contributed by atoms with Gasteiger partial charge in [0.2, 0.25) is 0 Å². The summed E-state index contributed by atoms with van der Waals surface area (Å²) in [5.74, 6) is 2.42. The standard InChI is InChI=1S/C21H25N5O/c27-20(24-21-9-14-6-15(10-21)8-16(7-14)11-21)26-23-13-18-12-22-25-19(18)17-4-2-1-3-5-17/h1-5,12-16H,6-11H2,(H,22,25)(H2,24,26,27)/b23-13+. The van der Waals surface area contributed by atoms with Gasteiger partial charge in [-0.2, -0.15) is 10.2 Å². The molecule has 0 saturated heterocycles. The average molecular weight is 363 g/mol. The van der Waals surface area contributed by atoms with Crippen molar-refractivity contribution in [3.63, 3.8) is 0 Å². The number of hydrazone groups is 1. The first-order valence-electron chi connectivity index (χ1n) is 9.89. The van der Waals surface area contributed by atoms with E-state index < -0.39 is 0 Å². The van der Waals surface area contributed by atoms with E-state index in [-0.39, 0.29) is 11.6 Å². The Labute approximate surface area is 158 Å². The number of H-pyrrole nitrogens is 1. The fourth-order valence-electron chi connectivity index (χ4n) is 5.92. The molecular weight excluding hydrogens is 338 g/mol. The molecule has 0 spiro atoms. The number of carbonyl (C=O) groups excluding carboxylic acids is 1. The summed E-state index contributed by atoms with van der Waals surface area (Å²) in [6.07, 6.45) is 10.9. The van der Waals surface area contributed by atoms with Crippen molar-refractivity contribution in [2.24, 2.45) is 22.9 Å². The van der Waals surface area contributed by atoms with Gasteiger partial charge in [0.25, 0.3) is 0 Å². The monoisotopic (exact) mass is 363 g/mol. The molecule has 4 bridgehead atoms. The Hall–Kier alpha value is -2.63. The van der Waals surface area contributed by atoms with Gasteiger partial charge in [-0.15, -0.1) is 0 Å². The molecule has 1 aromatic carbocycles. The van der Waals surface area contributed by atoms with Crippen molar-refractivity contribution >= 4 is 12.2 Å². The third kappa shape index (κ3) is 3.24. The van der Waals surface area contributed by atoms with Crippen molar-refractivity contribution in [1.29, 1.82) is 0 Å². The van der Waals surface area contributed by atoms with E-state index >= 15 is 0 Å². The number of benzene rings is 1. The number of nitrogens with one attached hydrogen (secondary N) is 3. The summed E-state index contributed by atoms with van der Waals surface area (Å²) in [4.78, 5) is 12.5. The fraction of sp³-hybridized carbons (Fsp3) is 0.476. The van der Waals surface area contributed by atoms with Gasteiger partial charge < -0.3 is 5.32 Å². The van der Waals surface area contributed by atoms with Crippen LogP contribution in [0.1, 0.15) is 44.1 Å². The Balaban J connectivity index is 1.23. The molecule has 0 radical (unpaired) electrons. The minimum atomic E-state index is -0.196. The van der Waals surface area contributed by atoms with Crippen molar-refractivity contribution in [2.45, 2.75) is 44.1 Å². The summed E-state index contributed by atoms with van der Waals surface area (Å²) < 4.78 is 0. The number of nitrogens with zero attached hydrogens (tertiary/aromatic N) is 2. The molecule has 0 atom stereocenters. The molecule has 4 fully saturated rings. The summed E-state index contributed by atoms with van der Waals surface area (Å²) in [7, 11) is 0. The van der Waals surface area contributed by atoms with Crippen LogP contribution in [0, 0.1) is 17.8 Å². The van der Waals surface area contributed by atoms with Crippen LogP contribution in [0.2, 0.25) is 0 Å². The number of hydrogen-bond donors (Lipinski definition) is 3. The molecule has 0 unspecified atom stereocenters. The van der Waals surface area contributed by atoms with E-state index in [4.69, 9.17) is 0 Å². The highest BCUT2D eigenvalue weighted by Gasteiger charge is 2.51. The fourth-order valence-corrected chi connectivity index (χ4v) is 5.92. The second-order valence-corrected chi connectivity index (χ2v) is 8.59. The van der Waals surface area contributed by atoms with Gasteiger partial charge in [-0.1, -0.05) is 30.3 Å². The molecule has 6 nitrogen and oxygen atoms in total. The minimum absolute atomic E-state index is 0.000801. The quantitative estimate of drug-likeness (QED) is 0.572. The predicted molar refractivity (Wildman–Crippen MR) is 104 cm³/mol. The molecule has 3 N–H and O–H groups in total. The average Bonchev–Trinajstić information content (AvgIpc) is 3.09. The zero-order valence-electron chi connectivity index (χ0n) is 15.3. The van der Waals surface area contributed by atoms with Crippen molar-refractivity contribution in [3.8, 4) is 11.3 Å². The molecule has 0 aliphatic heterocycles.